The van der Waals surface area contributed by atoms with Gasteiger partial charge in [-0.15, -0.1) is 0 Å². The summed E-state index contributed by atoms with van der Waals surface area (Å²) < 4.78 is 5.28. The second kappa shape index (κ2) is 5.52. The number of amides is 4. The van der Waals surface area contributed by atoms with Crippen LogP contribution < -0.4 is 5.32 Å². The summed E-state index contributed by atoms with van der Waals surface area (Å²) in [5, 5.41) is 2.35. The molecule has 2 unspecified atom stereocenters. The van der Waals surface area contributed by atoms with E-state index in [0.29, 0.717) is 19.8 Å². The summed E-state index contributed by atoms with van der Waals surface area (Å²) in [6, 6.07) is -0.568. The summed E-state index contributed by atoms with van der Waals surface area (Å²) in [5.41, 5.74) is 0. The Morgan fingerprint density at radius 3 is 2.55 bits per heavy atom. The van der Waals surface area contributed by atoms with E-state index in [-0.39, 0.29) is 17.7 Å². The van der Waals surface area contributed by atoms with Gasteiger partial charge in [-0.2, -0.15) is 0 Å². The summed E-state index contributed by atoms with van der Waals surface area (Å²) in [5.74, 6) is -1.10. The van der Waals surface area contributed by atoms with Gasteiger partial charge >= 0.3 is 6.03 Å². The number of rotatable bonds is 3. The molecule has 0 aromatic rings. The molecule has 3 aliphatic rings. The predicted molar refractivity (Wildman–Crippen MR) is 69.6 cm³/mol. The molecule has 1 N–H and O–H groups in total. The highest BCUT2D eigenvalue weighted by Gasteiger charge is 2.45. The normalized spacial score (nSPS) is 32.0. The van der Waals surface area contributed by atoms with Gasteiger partial charge in [-0.3, -0.25) is 19.8 Å². The molecule has 2 saturated heterocycles. The van der Waals surface area contributed by atoms with Crippen molar-refractivity contribution in [3.8, 4) is 0 Å². The summed E-state index contributed by atoms with van der Waals surface area (Å²) in [4.78, 5) is 37.6. The lowest BCUT2D eigenvalue weighted by Crippen LogP contribution is -2.60. The molecule has 2 aliphatic heterocycles. The maximum atomic E-state index is 12.5. The Kier molecular flexibility index (Phi) is 3.74. The highest BCUT2D eigenvalue weighted by Crippen LogP contribution is 2.34. The van der Waals surface area contributed by atoms with Crippen LogP contribution in [0.1, 0.15) is 32.1 Å². The van der Waals surface area contributed by atoms with Crippen LogP contribution in [-0.2, 0) is 14.3 Å². The quantitative estimate of drug-likeness (QED) is 0.780. The Balaban J connectivity index is 1.73. The molecule has 0 bridgehead atoms. The second-order valence-electron chi connectivity index (χ2n) is 6.00. The molecular weight excluding hydrogens is 260 g/mol. The molecule has 3 rings (SSSR count). The molecule has 20 heavy (non-hydrogen) atoms. The van der Waals surface area contributed by atoms with E-state index in [2.05, 4.69) is 5.32 Å². The lowest BCUT2D eigenvalue weighted by molar-refractivity contribution is -0.145. The molecule has 3 fully saturated rings. The van der Waals surface area contributed by atoms with Crippen LogP contribution in [0.2, 0.25) is 0 Å². The molecule has 0 spiro atoms. The second-order valence-corrected chi connectivity index (χ2v) is 6.00. The molecule has 0 aromatic heterocycles. The number of carbonyl (C=O) groups excluding carboxylic acids is 3. The van der Waals surface area contributed by atoms with E-state index in [1.165, 1.54) is 4.90 Å². The first-order chi connectivity index (χ1) is 9.66. The van der Waals surface area contributed by atoms with Crippen LogP contribution >= 0.6 is 0 Å². The van der Waals surface area contributed by atoms with Gasteiger partial charge in [0.1, 0.15) is 5.92 Å². The van der Waals surface area contributed by atoms with Crippen LogP contribution in [0.3, 0.4) is 0 Å². The smallest absolute Gasteiger partial charge is 0.330 e. The van der Waals surface area contributed by atoms with E-state index in [4.69, 9.17) is 4.74 Å². The Morgan fingerprint density at radius 2 is 1.90 bits per heavy atom. The van der Waals surface area contributed by atoms with E-state index in [9.17, 15) is 14.4 Å². The van der Waals surface area contributed by atoms with Crippen molar-refractivity contribution >= 4 is 17.8 Å². The van der Waals surface area contributed by atoms with Crippen molar-refractivity contribution in [1.29, 1.82) is 0 Å². The highest BCUT2D eigenvalue weighted by molar-refractivity contribution is 6.16. The fourth-order valence-electron chi connectivity index (χ4n) is 3.50. The monoisotopic (exact) mass is 280 g/mol. The van der Waals surface area contributed by atoms with Gasteiger partial charge in [-0.1, -0.05) is 12.8 Å². The first-order valence-electron chi connectivity index (χ1n) is 7.41. The Bertz CT molecular complexity index is 425. The molecular formula is C14H20N2O4. The third kappa shape index (κ3) is 2.44. The fraction of sp³-hybridized carbons (Fsp3) is 0.786. The Hall–Kier alpha value is -1.43. The Morgan fingerprint density at radius 1 is 1.15 bits per heavy atom. The van der Waals surface area contributed by atoms with Gasteiger partial charge in [-0.25, -0.2) is 4.79 Å². The molecule has 4 amide bonds. The van der Waals surface area contributed by atoms with Crippen molar-refractivity contribution in [3.63, 3.8) is 0 Å². The lowest BCUT2D eigenvalue weighted by Gasteiger charge is -2.33. The van der Waals surface area contributed by atoms with Gasteiger partial charge in [0.05, 0.1) is 6.61 Å². The molecule has 2 atom stereocenters. The summed E-state index contributed by atoms with van der Waals surface area (Å²) in [7, 11) is 0. The van der Waals surface area contributed by atoms with Crippen LogP contribution in [0.5, 0.6) is 0 Å². The van der Waals surface area contributed by atoms with Gasteiger partial charge in [0, 0.05) is 19.1 Å². The molecule has 0 aromatic carbocycles. The van der Waals surface area contributed by atoms with E-state index in [0.717, 1.165) is 32.1 Å². The molecule has 1 aliphatic carbocycles. The zero-order valence-electron chi connectivity index (χ0n) is 11.5. The van der Waals surface area contributed by atoms with Gasteiger partial charge in [-0.05, 0) is 25.2 Å². The fourth-order valence-corrected chi connectivity index (χ4v) is 3.50. The van der Waals surface area contributed by atoms with E-state index < -0.39 is 17.9 Å². The van der Waals surface area contributed by atoms with Crippen LogP contribution in [-0.4, -0.2) is 42.5 Å². The minimum absolute atomic E-state index is 0.0953. The van der Waals surface area contributed by atoms with Crippen molar-refractivity contribution < 1.29 is 19.1 Å². The van der Waals surface area contributed by atoms with Crippen molar-refractivity contribution in [2.75, 3.05) is 19.8 Å². The van der Waals surface area contributed by atoms with E-state index >= 15 is 0 Å². The van der Waals surface area contributed by atoms with Crippen molar-refractivity contribution in [2.24, 2.45) is 17.8 Å². The van der Waals surface area contributed by atoms with Gasteiger partial charge in [0.25, 0.3) is 0 Å². The first-order valence-corrected chi connectivity index (χ1v) is 7.41. The van der Waals surface area contributed by atoms with Gasteiger partial charge < -0.3 is 4.74 Å². The topological polar surface area (TPSA) is 75.7 Å². The number of hydrogen-bond donors (Lipinski definition) is 1. The molecule has 2 heterocycles. The number of imide groups is 2. The number of carbonyl (C=O) groups is 3. The van der Waals surface area contributed by atoms with Crippen molar-refractivity contribution in [2.45, 2.75) is 32.1 Å². The number of hydrogen-bond acceptors (Lipinski definition) is 4. The van der Waals surface area contributed by atoms with Crippen LogP contribution in [0.25, 0.3) is 0 Å². The van der Waals surface area contributed by atoms with Crippen molar-refractivity contribution in [1.82, 2.24) is 10.2 Å². The number of ether oxygens (including phenoxy) is 1. The maximum absolute atomic E-state index is 12.5. The average molecular weight is 280 g/mol. The lowest BCUT2D eigenvalue weighted by atomic mass is 9.87. The van der Waals surface area contributed by atoms with Gasteiger partial charge in [0.2, 0.25) is 11.8 Å². The average Bonchev–Trinajstić information content (AvgIpc) is 3.07. The van der Waals surface area contributed by atoms with E-state index in [1.54, 1.807) is 0 Å². The zero-order chi connectivity index (χ0) is 14.1. The number of nitrogens with one attached hydrogen (secondary N) is 1. The van der Waals surface area contributed by atoms with E-state index in [1.807, 2.05) is 0 Å². The molecule has 6 nitrogen and oxygen atoms in total. The molecule has 0 radical (unpaired) electrons. The van der Waals surface area contributed by atoms with Crippen LogP contribution in [0, 0.1) is 17.8 Å². The minimum Gasteiger partial charge on any atom is -0.381 e. The molecule has 110 valence electrons. The van der Waals surface area contributed by atoms with Gasteiger partial charge in [0.15, 0.2) is 0 Å². The predicted octanol–water partition coefficient (Wildman–Crippen LogP) is 0.908. The third-order valence-corrected chi connectivity index (χ3v) is 4.63. The largest absolute Gasteiger partial charge is 0.381 e. The first kappa shape index (κ1) is 13.5. The summed E-state index contributed by atoms with van der Waals surface area (Å²) in [6.07, 6.45) is 4.79. The summed E-state index contributed by atoms with van der Waals surface area (Å²) in [6.45, 7) is 1.62. The summed E-state index contributed by atoms with van der Waals surface area (Å²) >= 11 is 0. The number of nitrogens with zero attached hydrogens (tertiary/aromatic N) is 1. The number of barbiturate groups is 1. The zero-order valence-corrected chi connectivity index (χ0v) is 11.5. The highest BCUT2D eigenvalue weighted by atomic mass is 16.5. The molecule has 1 saturated carbocycles. The minimum atomic E-state index is -0.669. The third-order valence-electron chi connectivity index (χ3n) is 4.63. The van der Waals surface area contributed by atoms with Crippen LogP contribution in [0.4, 0.5) is 4.79 Å². The van der Waals surface area contributed by atoms with Crippen LogP contribution in [0.15, 0.2) is 0 Å². The maximum Gasteiger partial charge on any atom is 0.330 e. The van der Waals surface area contributed by atoms with Crippen molar-refractivity contribution in [3.05, 3.63) is 0 Å². The number of urea groups is 1. The molecule has 6 heteroatoms. The SMILES string of the molecule is O=C1NC(=O)N(CC2CCOC2)C(=O)C1C1CCCC1. The Labute approximate surface area is 117 Å². The standard InChI is InChI=1S/C14H20N2O4/c17-12-11(10-3-1-2-4-10)13(18)16(14(19)15-12)7-9-5-6-20-8-9/h9-11H,1-8H2,(H,15,17,19).